The van der Waals surface area contributed by atoms with Crippen molar-refractivity contribution in [2.24, 2.45) is 0 Å². The normalized spacial score (nSPS) is 10.9. The summed E-state index contributed by atoms with van der Waals surface area (Å²) < 4.78 is 20.6. The molecule has 104 valence electrons. The Balaban J connectivity index is 2.21. The predicted octanol–water partition coefficient (Wildman–Crippen LogP) is 2.93. The van der Waals surface area contributed by atoms with Gasteiger partial charge >= 0.3 is 5.97 Å². The molecule has 0 atom stereocenters. The first-order valence-electron chi connectivity index (χ1n) is 5.98. The summed E-state index contributed by atoms with van der Waals surface area (Å²) in [6.07, 6.45) is 5.46. The smallest absolute Gasteiger partial charge is 0.328 e. The van der Waals surface area contributed by atoms with Crippen molar-refractivity contribution in [2.75, 3.05) is 0 Å². The van der Waals surface area contributed by atoms with Gasteiger partial charge in [0.2, 0.25) is 0 Å². The van der Waals surface area contributed by atoms with E-state index in [2.05, 4.69) is 5.10 Å². The molecular weight excluding hydrogens is 263 g/mol. The number of aromatic nitrogens is 2. The monoisotopic (exact) mass is 276 g/mol. The molecule has 6 heteroatoms. The van der Waals surface area contributed by atoms with Gasteiger partial charge in [0, 0.05) is 18.7 Å². The van der Waals surface area contributed by atoms with Gasteiger partial charge < -0.3 is 9.84 Å². The second-order valence-electron chi connectivity index (χ2n) is 4.03. The second-order valence-corrected chi connectivity index (χ2v) is 4.03. The van der Waals surface area contributed by atoms with Gasteiger partial charge in [0.15, 0.2) is 5.75 Å². The van der Waals surface area contributed by atoms with Gasteiger partial charge in [-0.15, -0.1) is 0 Å². The van der Waals surface area contributed by atoms with Crippen LogP contribution in [0.15, 0.2) is 36.7 Å². The van der Waals surface area contributed by atoms with Crippen molar-refractivity contribution in [1.82, 2.24) is 9.78 Å². The zero-order valence-electron chi connectivity index (χ0n) is 10.8. The minimum Gasteiger partial charge on any atom is -0.478 e. The zero-order chi connectivity index (χ0) is 14.5. The van der Waals surface area contributed by atoms with Crippen molar-refractivity contribution >= 4 is 12.0 Å². The van der Waals surface area contributed by atoms with Crippen molar-refractivity contribution in [3.8, 4) is 11.5 Å². The Kier molecular flexibility index (Phi) is 4.14. The fourth-order valence-electron chi connectivity index (χ4n) is 1.61. The van der Waals surface area contributed by atoms with E-state index >= 15 is 0 Å². The van der Waals surface area contributed by atoms with Crippen LogP contribution >= 0.6 is 0 Å². The maximum atomic E-state index is 13.4. The molecule has 0 unspecified atom stereocenters. The Hall–Kier alpha value is -2.63. The molecule has 5 nitrogen and oxygen atoms in total. The molecule has 0 saturated heterocycles. The van der Waals surface area contributed by atoms with Crippen LogP contribution in [0.2, 0.25) is 0 Å². The third kappa shape index (κ3) is 3.68. The number of carboxylic acids is 1. The molecule has 0 aliphatic heterocycles. The highest BCUT2D eigenvalue weighted by atomic mass is 19.1. The lowest BCUT2D eigenvalue weighted by atomic mass is 10.2. The van der Waals surface area contributed by atoms with Crippen LogP contribution in [0, 0.1) is 5.82 Å². The number of aryl methyl sites for hydroxylation is 1. The van der Waals surface area contributed by atoms with Gasteiger partial charge in [-0.3, -0.25) is 4.68 Å². The molecule has 0 aliphatic carbocycles. The molecule has 2 aromatic rings. The summed E-state index contributed by atoms with van der Waals surface area (Å²) in [6.45, 7) is 2.65. The molecule has 1 aromatic heterocycles. The zero-order valence-corrected chi connectivity index (χ0v) is 10.8. The molecule has 0 aliphatic rings. The first kappa shape index (κ1) is 13.8. The van der Waals surface area contributed by atoms with E-state index in [1.165, 1.54) is 24.4 Å². The van der Waals surface area contributed by atoms with Crippen molar-refractivity contribution in [3.63, 3.8) is 0 Å². The van der Waals surface area contributed by atoms with E-state index in [1.54, 1.807) is 16.9 Å². The average molecular weight is 276 g/mol. The van der Waals surface area contributed by atoms with E-state index in [-0.39, 0.29) is 5.75 Å². The van der Waals surface area contributed by atoms with Gasteiger partial charge in [-0.05, 0) is 30.7 Å². The van der Waals surface area contributed by atoms with Crippen LogP contribution in [-0.2, 0) is 11.3 Å². The first-order chi connectivity index (χ1) is 9.56. The largest absolute Gasteiger partial charge is 0.478 e. The number of aliphatic carboxylic acids is 1. The number of carbonyl (C=O) groups is 1. The van der Waals surface area contributed by atoms with Crippen molar-refractivity contribution < 1.29 is 19.0 Å². The summed E-state index contributed by atoms with van der Waals surface area (Å²) in [7, 11) is 0. The first-order valence-corrected chi connectivity index (χ1v) is 5.98. The van der Waals surface area contributed by atoms with E-state index in [0.29, 0.717) is 17.9 Å². The highest BCUT2D eigenvalue weighted by molar-refractivity contribution is 5.85. The number of hydrogen-bond donors (Lipinski definition) is 1. The van der Waals surface area contributed by atoms with Crippen LogP contribution < -0.4 is 4.74 Å². The average Bonchev–Trinajstić information content (AvgIpc) is 2.83. The number of nitrogens with zero attached hydrogens (tertiary/aromatic N) is 2. The highest BCUT2D eigenvalue weighted by Crippen LogP contribution is 2.23. The van der Waals surface area contributed by atoms with Crippen LogP contribution in [0.1, 0.15) is 12.5 Å². The van der Waals surface area contributed by atoms with Gasteiger partial charge in [0.1, 0.15) is 11.6 Å². The predicted molar refractivity (Wildman–Crippen MR) is 71.0 cm³/mol. The summed E-state index contributed by atoms with van der Waals surface area (Å²) in [6, 6.07) is 4.00. The van der Waals surface area contributed by atoms with Gasteiger partial charge in [-0.25, -0.2) is 9.18 Å². The molecule has 20 heavy (non-hydrogen) atoms. The quantitative estimate of drug-likeness (QED) is 0.853. The maximum Gasteiger partial charge on any atom is 0.328 e. The van der Waals surface area contributed by atoms with Crippen molar-refractivity contribution in [1.29, 1.82) is 0 Å². The number of ether oxygens (including phenoxy) is 1. The van der Waals surface area contributed by atoms with Crippen LogP contribution in [0.4, 0.5) is 4.39 Å². The van der Waals surface area contributed by atoms with Gasteiger partial charge in [-0.1, -0.05) is 0 Å². The summed E-state index contributed by atoms with van der Waals surface area (Å²) in [5.74, 6) is -0.826. The van der Waals surface area contributed by atoms with Crippen molar-refractivity contribution in [3.05, 3.63) is 48.0 Å². The summed E-state index contributed by atoms with van der Waals surface area (Å²) in [5, 5.41) is 12.6. The molecule has 0 spiro atoms. The Morgan fingerprint density at radius 1 is 1.45 bits per heavy atom. The highest BCUT2D eigenvalue weighted by Gasteiger charge is 2.04. The minimum absolute atomic E-state index is 0.283. The third-order valence-electron chi connectivity index (χ3n) is 2.48. The number of hydrogen-bond acceptors (Lipinski definition) is 3. The molecule has 0 saturated carbocycles. The van der Waals surface area contributed by atoms with E-state index in [1.807, 2.05) is 6.92 Å². The second kappa shape index (κ2) is 6.01. The Labute approximate surface area is 114 Å². The molecule has 1 aromatic carbocycles. The number of carboxylic acid groups (broad SMARTS) is 1. The lowest BCUT2D eigenvalue weighted by molar-refractivity contribution is -0.131. The molecular formula is C14H13FN2O3. The van der Waals surface area contributed by atoms with Crippen LogP contribution in [0.25, 0.3) is 6.08 Å². The lowest BCUT2D eigenvalue weighted by Gasteiger charge is -2.04. The molecule has 1 N–H and O–H groups in total. The molecule has 0 bridgehead atoms. The van der Waals surface area contributed by atoms with E-state index in [4.69, 9.17) is 9.84 Å². The van der Waals surface area contributed by atoms with Gasteiger partial charge in [-0.2, -0.15) is 5.10 Å². The number of benzene rings is 1. The molecule has 2 rings (SSSR count). The fraction of sp³-hybridized carbons (Fsp3) is 0.143. The molecule has 0 radical (unpaired) electrons. The number of rotatable bonds is 5. The van der Waals surface area contributed by atoms with Crippen molar-refractivity contribution in [2.45, 2.75) is 13.5 Å². The molecule has 1 heterocycles. The summed E-state index contributed by atoms with van der Waals surface area (Å²) in [5.41, 5.74) is 0.408. The summed E-state index contributed by atoms with van der Waals surface area (Å²) >= 11 is 0. The maximum absolute atomic E-state index is 13.4. The van der Waals surface area contributed by atoms with Crippen LogP contribution in [-0.4, -0.2) is 20.9 Å². The summed E-state index contributed by atoms with van der Waals surface area (Å²) in [4.78, 5) is 10.4. The molecule has 0 amide bonds. The fourth-order valence-corrected chi connectivity index (χ4v) is 1.61. The lowest BCUT2D eigenvalue weighted by Crippen LogP contribution is -1.92. The number of halogens is 1. The minimum atomic E-state index is -1.10. The topological polar surface area (TPSA) is 64.3 Å². The Morgan fingerprint density at radius 3 is 2.90 bits per heavy atom. The van der Waals surface area contributed by atoms with E-state index in [0.717, 1.165) is 6.08 Å². The van der Waals surface area contributed by atoms with E-state index < -0.39 is 11.8 Å². The van der Waals surface area contributed by atoms with Crippen LogP contribution in [0.3, 0.4) is 0 Å². The van der Waals surface area contributed by atoms with E-state index in [9.17, 15) is 9.18 Å². The Morgan fingerprint density at radius 2 is 2.25 bits per heavy atom. The third-order valence-corrected chi connectivity index (χ3v) is 2.48. The molecule has 0 fully saturated rings. The van der Waals surface area contributed by atoms with Crippen LogP contribution in [0.5, 0.6) is 11.5 Å². The van der Waals surface area contributed by atoms with Gasteiger partial charge in [0.25, 0.3) is 0 Å². The SMILES string of the molecule is CCn1cc(Oc2cc(F)cc(/C=C/C(=O)O)c2)cn1. The van der Waals surface area contributed by atoms with Gasteiger partial charge in [0.05, 0.1) is 12.4 Å². The standard InChI is InChI=1S/C14H13FN2O3/c1-2-17-9-13(8-16-17)20-12-6-10(3-4-14(18)19)5-11(15)7-12/h3-9H,2H2,1H3,(H,18,19)/b4-3+. The Bertz CT molecular complexity index is 650.